The average Bonchev–Trinajstić information content (AvgIpc) is 2.71. The number of aromatic nitrogens is 1. The number of carbonyl (C=O) groups is 1. The maximum atomic E-state index is 14.4. The minimum absolute atomic E-state index is 0.141. The molecule has 1 heterocycles. The zero-order valence-corrected chi connectivity index (χ0v) is 17.3. The van der Waals surface area contributed by atoms with Crippen LogP contribution >= 0.6 is 15.9 Å². The fourth-order valence-electron chi connectivity index (χ4n) is 3.24. The first-order valence-electron chi connectivity index (χ1n) is 9.02. The van der Waals surface area contributed by atoms with Crippen LogP contribution in [0.3, 0.4) is 0 Å². The van der Waals surface area contributed by atoms with E-state index < -0.39 is 23.1 Å². The number of halogens is 3. The smallest absolute Gasteiger partial charge is 0.263 e. The van der Waals surface area contributed by atoms with Crippen LogP contribution in [0.5, 0.6) is 0 Å². The van der Waals surface area contributed by atoms with Crippen molar-refractivity contribution in [3.05, 3.63) is 104 Å². The van der Waals surface area contributed by atoms with Gasteiger partial charge in [0.25, 0.3) is 11.5 Å². The van der Waals surface area contributed by atoms with Crippen LogP contribution in [-0.2, 0) is 0 Å². The Bertz CT molecular complexity index is 1370. The van der Waals surface area contributed by atoms with Gasteiger partial charge in [0.2, 0.25) is 0 Å². The molecule has 4 aromatic rings. The molecule has 1 N–H and O–H groups in total. The number of hydrogen-bond donors (Lipinski definition) is 1. The summed E-state index contributed by atoms with van der Waals surface area (Å²) in [5.41, 5.74) is 1.11. The van der Waals surface area contributed by atoms with Gasteiger partial charge in [0.15, 0.2) is 0 Å². The predicted molar refractivity (Wildman–Crippen MR) is 116 cm³/mol. The van der Waals surface area contributed by atoms with E-state index in [9.17, 15) is 18.4 Å². The molecule has 4 rings (SSSR count). The number of nitrogens with one attached hydrogen (secondary N) is 1. The van der Waals surface area contributed by atoms with Crippen LogP contribution in [0.25, 0.3) is 16.5 Å². The van der Waals surface area contributed by atoms with Gasteiger partial charge in [-0.2, -0.15) is 0 Å². The molecular formula is C23H15BrF2N2O2. The Morgan fingerprint density at radius 2 is 1.73 bits per heavy atom. The number of fused-ring (bicyclic) bond motifs is 1. The number of aryl methyl sites for hydroxylation is 1. The first-order chi connectivity index (χ1) is 14.3. The molecule has 3 aromatic carbocycles. The van der Waals surface area contributed by atoms with Crippen LogP contribution in [-0.4, -0.2) is 10.5 Å². The summed E-state index contributed by atoms with van der Waals surface area (Å²) >= 11 is 3.42. The van der Waals surface area contributed by atoms with Gasteiger partial charge in [0.05, 0.1) is 16.9 Å². The van der Waals surface area contributed by atoms with Crippen molar-refractivity contribution in [1.82, 2.24) is 4.57 Å². The largest absolute Gasteiger partial charge is 0.321 e. The fourth-order valence-corrected chi connectivity index (χ4v) is 3.83. The maximum absolute atomic E-state index is 14.4. The van der Waals surface area contributed by atoms with Gasteiger partial charge in [-0.3, -0.25) is 14.2 Å². The van der Waals surface area contributed by atoms with Crippen molar-refractivity contribution in [3.8, 4) is 5.69 Å². The van der Waals surface area contributed by atoms with Gasteiger partial charge >= 0.3 is 0 Å². The minimum atomic E-state index is -0.903. The standard InChI is InChI=1S/C23H15BrF2N2O2/c1-13-6-8-20(18(24)10-13)27-22(29)17-12-28(21-9-7-14(25)11-19(21)26)23(30)16-5-3-2-4-15(16)17/h2-12H,1H3,(H,27,29). The number of amides is 1. The number of hydrogen-bond acceptors (Lipinski definition) is 2. The van der Waals surface area contributed by atoms with Crippen molar-refractivity contribution in [2.45, 2.75) is 6.92 Å². The van der Waals surface area contributed by atoms with Gasteiger partial charge in [-0.05, 0) is 58.7 Å². The molecule has 4 nitrogen and oxygen atoms in total. The van der Waals surface area contributed by atoms with E-state index in [0.29, 0.717) is 21.6 Å². The van der Waals surface area contributed by atoms with Crippen LogP contribution in [0.1, 0.15) is 15.9 Å². The third kappa shape index (κ3) is 3.64. The summed E-state index contributed by atoms with van der Waals surface area (Å²) in [6.45, 7) is 1.93. The summed E-state index contributed by atoms with van der Waals surface area (Å²) in [7, 11) is 0. The molecule has 1 amide bonds. The van der Waals surface area contributed by atoms with Crippen LogP contribution in [0.2, 0.25) is 0 Å². The summed E-state index contributed by atoms with van der Waals surface area (Å²) in [5.74, 6) is -2.13. The molecule has 7 heteroatoms. The summed E-state index contributed by atoms with van der Waals surface area (Å²) in [6, 6.07) is 15.0. The highest BCUT2D eigenvalue weighted by molar-refractivity contribution is 9.10. The molecule has 0 aliphatic rings. The van der Waals surface area contributed by atoms with Gasteiger partial charge < -0.3 is 5.32 Å². The Morgan fingerprint density at radius 3 is 2.43 bits per heavy atom. The lowest BCUT2D eigenvalue weighted by Gasteiger charge is -2.14. The predicted octanol–water partition coefficient (Wildman–Crippen LogP) is 5.59. The van der Waals surface area contributed by atoms with E-state index in [2.05, 4.69) is 21.2 Å². The first kappa shape index (κ1) is 20.0. The van der Waals surface area contributed by atoms with E-state index in [1.807, 2.05) is 19.1 Å². The van der Waals surface area contributed by atoms with E-state index in [4.69, 9.17) is 0 Å². The summed E-state index contributed by atoms with van der Waals surface area (Å²) in [5, 5.41) is 3.49. The zero-order chi connectivity index (χ0) is 21.4. The highest BCUT2D eigenvalue weighted by Crippen LogP contribution is 2.25. The molecule has 150 valence electrons. The maximum Gasteiger partial charge on any atom is 0.263 e. The Hall–Kier alpha value is -3.32. The lowest BCUT2D eigenvalue weighted by molar-refractivity contribution is 0.102. The number of nitrogens with zero attached hydrogens (tertiary/aromatic N) is 1. The number of carbonyl (C=O) groups excluding carboxylic acids is 1. The summed E-state index contributed by atoms with van der Waals surface area (Å²) < 4.78 is 29.4. The van der Waals surface area contributed by atoms with E-state index in [0.717, 1.165) is 16.2 Å². The van der Waals surface area contributed by atoms with Gasteiger partial charge in [0, 0.05) is 27.5 Å². The molecule has 0 saturated carbocycles. The highest BCUT2D eigenvalue weighted by atomic mass is 79.9. The third-order valence-corrected chi connectivity index (χ3v) is 5.37. The second-order valence-corrected chi connectivity index (χ2v) is 7.65. The minimum Gasteiger partial charge on any atom is -0.321 e. The number of pyridine rings is 1. The molecular weight excluding hydrogens is 454 g/mol. The number of benzene rings is 3. The van der Waals surface area contributed by atoms with Gasteiger partial charge in [-0.15, -0.1) is 0 Å². The second-order valence-electron chi connectivity index (χ2n) is 6.80. The molecule has 0 saturated heterocycles. The SMILES string of the molecule is Cc1ccc(NC(=O)c2cn(-c3ccc(F)cc3F)c(=O)c3ccccc23)c(Br)c1. The van der Waals surface area contributed by atoms with Gasteiger partial charge in [-0.25, -0.2) is 8.78 Å². The first-order valence-corrected chi connectivity index (χ1v) is 9.82. The average molecular weight is 469 g/mol. The summed E-state index contributed by atoms with van der Waals surface area (Å²) in [4.78, 5) is 26.1. The monoisotopic (exact) mass is 468 g/mol. The number of anilines is 1. The lowest BCUT2D eigenvalue weighted by Crippen LogP contribution is -2.23. The lowest BCUT2D eigenvalue weighted by atomic mass is 10.1. The third-order valence-electron chi connectivity index (χ3n) is 4.71. The topological polar surface area (TPSA) is 51.1 Å². The van der Waals surface area contributed by atoms with Crippen molar-refractivity contribution in [3.63, 3.8) is 0 Å². The molecule has 0 bridgehead atoms. The molecule has 0 aliphatic heterocycles. The van der Waals surface area contributed by atoms with E-state index >= 15 is 0 Å². The second kappa shape index (κ2) is 7.84. The van der Waals surface area contributed by atoms with Crippen LogP contribution in [0.15, 0.2) is 76.1 Å². The van der Waals surface area contributed by atoms with Crippen LogP contribution in [0.4, 0.5) is 14.5 Å². The zero-order valence-electron chi connectivity index (χ0n) is 15.7. The van der Waals surface area contributed by atoms with Crippen LogP contribution < -0.4 is 10.9 Å². The quantitative estimate of drug-likeness (QED) is 0.425. The molecule has 0 unspecified atom stereocenters. The highest BCUT2D eigenvalue weighted by Gasteiger charge is 2.18. The molecule has 1 aromatic heterocycles. The van der Waals surface area contributed by atoms with Crippen molar-refractivity contribution in [1.29, 1.82) is 0 Å². The Kier molecular flexibility index (Phi) is 5.22. The molecule has 0 atom stereocenters. The van der Waals surface area contributed by atoms with E-state index in [1.165, 1.54) is 12.3 Å². The van der Waals surface area contributed by atoms with E-state index in [-0.39, 0.29) is 16.6 Å². The Labute approximate surface area is 178 Å². The van der Waals surface area contributed by atoms with Crippen LogP contribution in [0, 0.1) is 18.6 Å². The molecule has 0 spiro atoms. The van der Waals surface area contributed by atoms with Gasteiger partial charge in [-0.1, -0.05) is 24.3 Å². The molecule has 0 fully saturated rings. The fraction of sp³-hybridized carbons (Fsp3) is 0.0435. The van der Waals surface area contributed by atoms with Crippen molar-refractivity contribution >= 4 is 38.3 Å². The molecule has 0 aliphatic carbocycles. The van der Waals surface area contributed by atoms with Crippen molar-refractivity contribution < 1.29 is 13.6 Å². The van der Waals surface area contributed by atoms with E-state index in [1.54, 1.807) is 30.3 Å². The molecule has 30 heavy (non-hydrogen) atoms. The Balaban J connectivity index is 1.90. The molecule has 0 radical (unpaired) electrons. The number of rotatable bonds is 3. The Morgan fingerprint density at radius 1 is 1.00 bits per heavy atom. The van der Waals surface area contributed by atoms with Gasteiger partial charge in [0.1, 0.15) is 11.6 Å². The van der Waals surface area contributed by atoms with Crippen molar-refractivity contribution in [2.24, 2.45) is 0 Å². The summed E-state index contributed by atoms with van der Waals surface area (Å²) in [6.07, 6.45) is 1.28. The normalized spacial score (nSPS) is 10.9. The van der Waals surface area contributed by atoms with Crippen molar-refractivity contribution in [2.75, 3.05) is 5.32 Å².